The summed E-state index contributed by atoms with van der Waals surface area (Å²) in [5, 5.41) is 8.08. The number of nitrogens with zero attached hydrogens (tertiary/aromatic N) is 3. The van der Waals surface area contributed by atoms with Gasteiger partial charge in [0.2, 0.25) is 0 Å². The van der Waals surface area contributed by atoms with Crippen molar-refractivity contribution in [2.75, 3.05) is 53.5 Å². The summed E-state index contributed by atoms with van der Waals surface area (Å²) in [5.74, 6) is 1.62. The Morgan fingerprint density at radius 3 is 2.62 bits per heavy atom. The van der Waals surface area contributed by atoms with Crippen molar-refractivity contribution in [1.82, 2.24) is 20.5 Å². The minimum absolute atomic E-state index is 0. The van der Waals surface area contributed by atoms with E-state index >= 15 is 0 Å². The SMILES string of the molecule is CN=C(NCCc1nc(C)c(C)s1)NCC1CCN(CCOC)CC1.I. The van der Waals surface area contributed by atoms with Crippen molar-refractivity contribution in [3.8, 4) is 0 Å². The van der Waals surface area contributed by atoms with Crippen LogP contribution >= 0.6 is 35.3 Å². The number of methoxy groups -OCH3 is 1. The van der Waals surface area contributed by atoms with Crippen LogP contribution in [0.2, 0.25) is 0 Å². The van der Waals surface area contributed by atoms with Gasteiger partial charge in [-0.3, -0.25) is 4.99 Å². The molecule has 1 aliphatic heterocycles. The van der Waals surface area contributed by atoms with Gasteiger partial charge in [0.25, 0.3) is 0 Å². The molecule has 2 rings (SSSR count). The van der Waals surface area contributed by atoms with Gasteiger partial charge >= 0.3 is 0 Å². The van der Waals surface area contributed by atoms with E-state index in [0.717, 1.165) is 50.2 Å². The molecule has 1 saturated heterocycles. The average Bonchev–Trinajstić information content (AvgIpc) is 2.94. The average molecular weight is 495 g/mol. The summed E-state index contributed by atoms with van der Waals surface area (Å²) in [5.41, 5.74) is 1.15. The molecular formula is C18H34IN5OS. The van der Waals surface area contributed by atoms with Crippen LogP contribution in [0.4, 0.5) is 0 Å². The molecule has 26 heavy (non-hydrogen) atoms. The lowest BCUT2D eigenvalue weighted by molar-refractivity contribution is 0.121. The summed E-state index contributed by atoms with van der Waals surface area (Å²) in [6.45, 7) is 10.3. The molecule has 1 aromatic rings. The molecule has 1 aliphatic rings. The van der Waals surface area contributed by atoms with Crippen LogP contribution in [0.25, 0.3) is 0 Å². The molecule has 6 nitrogen and oxygen atoms in total. The molecule has 1 fully saturated rings. The second-order valence-electron chi connectivity index (χ2n) is 6.66. The van der Waals surface area contributed by atoms with Crippen LogP contribution in [0.5, 0.6) is 0 Å². The molecule has 0 aliphatic carbocycles. The summed E-state index contributed by atoms with van der Waals surface area (Å²) in [4.78, 5) is 12.7. The molecule has 0 atom stereocenters. The van der Waals surface area contributed by atoms with Crippen molar-refractivity contribution in [1.29, 1.82) is 0 Å². The van der Waals surface area contributed by atoms with Crippen LogP contribution in [0, 0.1) is 19.8 Å². The molecule has 0 radical (unpaired) electrons. The maximum atomic E-state index is 5.16. The second-order valence-corrected chi connectivity index (χ2v) is 7.94. The van der Waals surface area contributed by atoms with Gasteiger partial charge in [0.05, 0.1) is 17.3 Å². The van der Waals surface area contributed by atoms with Gasteiger partial charge in [0.15, 0.2) is 5.96 Å². The topological polar surface area (TPSA) is 61.8 Å². The van der Waals surface area contributed by atoms with E-state index in [1.165, 1.54) is 35.8 Å². The summed E-state index contributed by atoms with van der Waals surface area (Å²) in [6, 6.07) is 0. The highest BCUT2D eigenvalue weighted by Gasteiger charge is 2.18. The second kappa shape index (κ2) is 12.9. The van der Waals surface area contributed by atoms with Crippen LogP contribution in [0.1, 0.15) is 28.4 Å². The Balaban J connectivity index is 0.00000338. The molecule has 0 amide bonds. The first-order chi connectivity index (χ1) is 12.1. The number of guanidine groups is 1. The third kappa shape index (κ3) is 8.06. The molecule has 0 bridgehead atoms. The zero-order valence-electron chi connectivity index (χ0n) is 16.5. The molecule has 2 N–H and O–H groups in total. The Morgan fingerprint density at radius 2 is 2.04 bits per heavy atom. The standard InChI is InChI=1S/C18H33N5OS.HI/c1-14-15(2)25-17(22-14)5-8-20-18(19-3)21-13-16-6-9-23(10-7-16)11-12-24-4;/h16H,5-13H2,1-4H3,(H2,19,20,21);1H. The molecular weight excluding hydrogens is 461 g/mol. The highest BCUT2D eigenvalue weighted by atomic mass is 127. The smallest absolute Gasteiger partial charge is 0.190 e. The number of aliphatic imine (C=N–C) groups is 1. The van der Waals surface area contributed by atoms with Crippen LogP contribution in [0.15, 0.2) is 4.99 Å². The quantitative estimate of drug-likeness (QED) is 0.330. The minimum atomic E-state index is 0. The largest absolute Gasteiger partial charge is 0.383 e. The number of hydrogen-bond acceptors (Lipinski definition) is 5. The van der Waals surface area contributed by atoms with E-state index in [-0.39, 0.29) is 24.0 Å². The molecule has 0 aromatic carbocycles. The fourth-order valence-corrected chi connectivity index (χ4v) is 3.96. The normalized spacial score (nSPS) is 16.4. The summed E-state index contributed by atoms with van der Waals surface area (Å²) >= 11 is 1.79. The number of aromatic nitrogens is 1. The number of nitrogens with one attached hydrogen (secondary N) is 2. The van der Waals surface area contributed by atoms with Crippen molar-refractivity contribution in [3.63, 3.8) is 0 Å². The lowest BCUT2D eigenvalue weighted by Crippen LogP contribution is -2.43. The molecule has 2 heterocycles. The van der Waals surface area contributed by atoms with Gasteiger partial charge in [-0.05, 0) is 45.7 Å². The predicted octanol–water partition coefficient (Wildman–Crippen LogP) is 2.44. The first-order valence-corrected chi connectivity index (χ1v) is 10.0. The van der Waals surface area contributed by atoms with E-state index in [0.29, 0.717) is 0 Å². The molecule has 0 spiro atoms. The third-order valence-electron chi connectivity index (χ3n) is 4.80. The van der Waals surface area contributed by atoms with Crippen LogP contribution in [-0.4, -0.2) is 69.3 Å². The van der Waals surface area contributed by atoms with Crippen LogP contribution < -0.4 is 10.6 Å². The molecule has 0 unspecified atom stereocenters. The summed E-state index contributed by atoms with van der Waals surface area (Å²) < 4.78 is 5.16. The molecule has 8 heteroatoms. The lowest BCUT2D eigenvalue weighted by Gasteiger charge is -2.32. The number of rotatable bonds is 8. The van der Waals surface area contributed by atoms with Gasteiger partial charge in [-0.15, -0.1) is 35.3 Å². The number of ether oxygens (including phenoxy) is 1. The maximum absolute atomic E-state index is 5.16. The zero-order chi connectivity index (χ0) is 18.1. The van der Waals surface area contributed by atoms with E-state index in [2.05, 4.69) is 39.4 Å². The van der Waals surface area contributed by atoms with Crippen molar-refractivity contribution in [2.45, 2.75) is 33.1 Å². The lowest BCUT2D eigenvalue weighted by atomic mass is 9.97. The Morgan fingerprint density at radius 1 is 1.31 bits per heavy atom. The predicted molar refractivity (Wildman–Crippen MR) is 121 cm³/mol. The monoisotopic (exact) mass is 495 g/mol. The van der Waals surface area contributed by atoms with Gasteiger partial charge in [-0.2, -0.15) is 0 Å². The first kappa shape index (κ1) is 23.6. The number of thiazole rings is 1. The Labute approximate surface area is 179 Å². The van der Waals surface area contributed by atoms with Crippen LogP contribution in [-0.2, 0) is 11.2 Å². The van der Waals surface area contributed by atoms with Crippen LogP contribution in [0.3, 0.4) is 0 Å². The maximum Gasteiger partial charge on any atom is 0.190 e. The molecule has 150 valence electrons. The number of halogens is 1. The van der Waals surface area contributed by atoms with Crippen molar-refractivity contribution >= 4 is 41.3 Å². The Bertz CT molecular complexity index is 524. The van der Waals surface area contributed by atoms with E-state index in [9.17, 15) is 0 Å². The highest BCUT2D eigenvalue weighted by Crippen LogP contribution is 2.17. The summed E-state index contributed by atoms with van der Waals surface area (Å²) in [6.07, 6.45) is 3.43. The Hall–Kier alpha value is -0.450. The van der Waals surface area contributed by atoms with Gasteiger partial charge in [-0.1, -0.05) is 0 Å². The van der Waals surface area contributed by atoms with Crippen molar-refractivity contribution in [2.24, 2.45) is 10.9 Å². The van der Waals surface area contributed by atoms with Gasteiger partial charge in [0.1, 0.15) is 0 Å². The third-order valence-corrected chi connectivity index (χ3v) is 5.94. The van der Waals surface area contributed by atoms with E-state index < -0.39 is 0 Å². The van der Waals surface area contributed by atoms with Crippen molar-refractivity contribution < 1.29 is 4.74 Å². The van der Waals surface area contributed by atoms with E-state index in [1.54, 1.807) is 18.4 Å². The molecule has 0 saturated carbocycles. The Kier molecular flexibility index (Phi) is 11.7. The number of hydrogen-bond donors (Lipinski definition) is 2. The number of likely N-dealkylation sites (tertiary alicyclic amines) is 1. The van der Waals surface area contributed by atoms with E-state index in [1.807, 2.05) is 7.05 Å². The van der Waals surface area contributed by atoms with E-state index in [4.69, 9.17) is 4.74 Å². The fraction of sp³-hybridized carbons (Fsp3) is 0.778. The first-order valence-electron chi connectivity index (χ1n) is 9.21. The van der Waals surface area contributed by atoms with Crippen molar-refractivity contribution in [3.05, 3.63) is 15.6 Å². The highest BCUT2D eigenvalue weighted by molar-refractivity contribution is 14.0. The zero-order valence-corrected chi connectivity index (χ0v) is 19.7. The van der Waals surface area contributed by atoms with Gasteiger partial charge in [0, 0.05) is 45.1 Å². The number of aryl methyl sites for hydroxylation is 2. The van der Waals surface area contributed by atoms with Gasteiger partial charge in [-0.25, -0.2) is 4.98 Å². The fourth-order valence-electron chi connectivity index (χ4n) is 3.03. The van der Waals surface area contributed by atoms with Gasteiger partial charge < -0.3 is 20.3 Å². The minimum Gasteiger partial charge on any atom is -0.383 e. The molecule has 1 aromatic heterocycles. The number of piperidine rings is 1. The summed E-state index contributed by atoms with van der Waals surface area (Å²) in [7, 11) is 3.60.